The van der Waals surface area contributed by atoms with Gasteiger partial charge >= 0.3 is 6.16 Å². The summed E-state index contributed by atoms with van der Waals surface area (Å²) in [6, 6.07) is 0. The Labute approximate surface area is 22.5 Å². The molecule has 0 saturated carbocycles. The third-order valence-corrected chi connectivity index (χ3v) is 0. The minimum atomic E-state index is -1.83. The van der Waals surface area contributed by atoms with Crippen LogP contribution in [0.1, 0.15) is 0 Å². The van der Waals surface area contributed by atoms with Crippen LogP contribution in [0.15, 0.2) is 0 Å². The number of hydrogen-bond acceptors (Lipinski definition) is 1. The van der Waals surface area contributed by atoms with Gasteiger partial charge in [-0.2, -0.15) is 0 Å². The van der Waals surface area contributed by atoms with E-state index < -0.39 is 6.16 Å². The number of carbonyl (C=O) groups is 1. The van der Waals surface area contributed by atoms with Crippen LogP contribution in [-0.4, -0.2) is 16.4 Å². The van der Waals surface area contributed by atoms with E-state index in [0.717, 1.165) is 0 Å². The molecule has 0 radical (unpaired) electrons. The molecule has 0 bridgehead atoms. The van der Waals surface area contributed by atoms with E-state index >= 15 is 0 Å². The smallest absolute Gasteiger partial charge is 0.450 e. The zero-order chi connectivity index (χ0) is 3.58. The molecule has 6 heavy (non-hydrogen) atoms. The average molecular weight is 564 g/mol. The summed E-state index contributed by atoms with van der Waals surface area (Å²) in [4.78, 5) is 8.56. The summed E-state index contributed by atoms with van der Waals surface area (Å²) in [6.45, 7) is 0. The molecule has 0 aromatic heterocycles. The van der Waals surface area contributed by atoms with E-state index in [1.54, 1.807) is 0 Å². The quantitative estimate of drug-likeness (QED) is 0.444. The van der Waals surface area contributed by atoms with Gasteiger partial charge in [-0.3, -0.25) is 0 Å². The Balaban J connectivity index is -0.0000000450. The molecule has 0 rings (SSSR count). The summed E-state index contributed by atoms with van der Waals surface area (Å²) in [5, 5.41) is 13.9. The van der Waals surface area contributed by atoms with Gasteiger partial charge in [-0.05, 0) is 0 Å². The van der Waals surface area contributed by atoms with Crippen LogP contribution in [0.25, 0.3) is 0 Å². The van der Waals surface area contributed by atoms with Crippen LogP contribution in [0.3, 0.4) is 0 Å². The minimum absolute atomic E-state index is 0. The Morgan fingerprint density at radius 3 is 1.17 bits per heavy atom. The Morgan fingerprint density at radius 2 is 1.17 bits per heavy atom. The zero-order valence-corrected chi connectivity index (χ0v) is 7.70. The Kier molecular flexibility index (Phi) is 1930. The molecule has 0 aromatic carbocycles. The van der Waals surface area contributed by atoms with Gasteiger partial charge in [0, 0.05) is 0 Å². The van der Waals surface area contributed by atoms with Crippen molar-refractivity contribution in [1.82, 2.24) is 0 Å². The van der Waals surface area contributed by atoms with E-state index in [4.69, 9.17) is 15.0 Å². The summed E-state index contributed by atoms with van der Waals surface area (Å²) in [7, 11) is 0. The normalized spacial score (nSPS) is 4.00. The molecule has 0 spiro atoms. The molecule has 0 heterocycles. The van der Waals surface area contributed by atoms with E-state index in [1.165, 1.54) is 0 Å². The molecular formula is CH2Cf2O3. The van der Waals surface area contributed by atoms with Crippen LogP contribution >= 0.6 is 0 Å². The first kappa shape index (κ1) is 231. The fourth-order valence-corrected chi connectivity index (χ4v) is 0. The molecule has 0 atom stereocenters. The van der Waals surface area contributed by atoms with Crippen molar-refractivity contribution >= 4 is 6.16 Å². The second kappa shape index (κ2) is 50.2. The Bertz CT molecular complexity index is 31.8. The van der Waals surface area contributed by atoms with Crippen LogP contribution in [0.2, 0.25) is 0 Å². The Hall–Kier alpha value is -2.73. The molecule has 3 nitrogen and oxygen atoms in total. The van der Waals surface area contributed by atoms with Crippen molar-refractivity contribution in [3.8, 4) is 0 Å². The van der Waals surface area contributed by atoms with Gasteiger partial charge in [0.2, 0.25) is 0 Å². The van der Waals surface area contributed by atoms with Crippen molar-refractivity contribution in [3.05, 3.63) is 0 Å². The van der Waals surface area contributed by atoms with Crippen molar-refractivity contribution in [1.29, 1.82) is 0 Å². The molecule has 0 fully saturated rings. The average Bonchev–Trinajstić information content (AvgIpc) is 0.811. The predicted molar refractivity (Wildman–Crippen MR) is 10.7 cm³/mol. The summed E-state index contributed by atoms with van der Waals surface area (Å²) >= 11 is 0. The van der Waals surface area contributed by atoms with Crippen molar-refractivity contribution in [3.63, 3.8) is 0 Å². The van der Waals surface area contributed by atoms with Crippen LogP contribution in [0.5, 0.6) is 0 Å². The number of rotatable bonds is 0. The third kappa shape index (κ3) is 0.0124. The zero-order valence-electron chi connectivity index (χ0n) is 2.44. The molecule has 5 heteroatoms. The van der Waals surface area contributed by atoms with Gasteiger partial charge < -0.3 is 10.2 Å². The molecule has 2 N–H and O–H groups in total. The minimum Gasteiger partial charge on any atom is -0.450 e. The largest absolute Gasteiger partial charge is 0.503 e. The first-order valence-corrected chi connectivity index (χ1v) is 0.651. The SMILES string of the molecule is O=C(O)O.[Cf].[Cf]. The van der Waals surface area contributed by atoms with Gasteiger partial charge in [-0.15, -0.1) is 0 Å². The fraction of sp³-hybridized carbons (Fsp3) is 0. The summed E-state index contributed by atoms with van der Waals surface area (Å²) in [5.41, 5.74) is 0. The standard InChI is InChI=1S/CH2O3.2Cf/c2-1(3)4;;/h(H2,2,3,4);;. The van der Waals surface area contributed by atoms with E-state index in [0.29, 0.717) is 0 Å². The summed E-state index contributed by atoms with van der Waals surface area (Å²) in [6.07, 6.45) is -1.83. The van der Waals surface area contributed by atoms with Gasteiger partial charge in [0.15, 0.2) is 0 Å². The van der Waals surface area contributed by atoms with Gasteiger partial charge in [0.25, 0.3) is 0 Å². The fourth-order valence-electron chi connectivity index (χ4n) is 0. The van der Waals surface area contributed by atoms with Crippen molar-refractivity contribution in [2.24, 2.45) is 0 Å². The van der Waals surface area contributed by atoms with Crippen LogP contribution in [0.4, 0.5) is 4.79 Å². The van der Waals surface area contributed by atoms with Crippen molar-refractivity contribution in [2.75, 3.05) is 0 Å². The summed E-state index contributed by atoms with van der Waals surface area (Å²) < 4.78 is 0. The molecular weight excluding hydrogens is 562 g/mol. The monoisotopic (exact) mass is 560 g/mol. The number of carboxylic acid groups (broad SMARTS) is 2. The molecule has 0 aliphatic heterocycles. The van der Waals surface area contributed by atoms with Crippen LogP contribution in [0, 0.1) is 0 Å². The van der Waals surface area contributed by atoms with Crippen LogP contribution in [-0.2, 0) is 0 Å². The molecule has 0 unspecified atom stereocenters. The molecule has 0 aliphatic carbocycles. The molecule has 44 valence electrons. The van der Waals surface area contributed by atoms with Gasteiger partial charge in [-0.1, -0.05) is 0 Å². The topological polar surface area (TPSA) is 57.5 Å². The Morgan fingerprint density at radius 1 is 1.17 bits per heavy atom. The van der Waals surface area contributed by atoms with Gasteiger partial charge in [-0.25, -0.2) is 4.79 Å². The first-order chi connectivity index (χ1) is 1.73. The first-order valence-electron chi connectivity index (χ1n) is 0.651. The van der Waals surface area contributed by atoms with E-state index in [-0.39, 0.29) is 0 Å². The van der Waals surface area contributed by atoms with E-state index in [2.05, 4.69) is 0 Å². The second-order valence-electron chi connectivity index (χ2n) is 0.283. The molecule has 0 saturated heterocycles. The molecule has 0 aromatic rings. The maximum absolute atomic E-state index is 8.56. The van der Waals surface area contributed by atoms with Gasteiger partial charge in [0.1, 0.15) is 0 Å². The van der Waals surface area contributed by atoms with Crippen molar-refractivity contribution < 1.29 is 15.0 Å². The number of hydrogen-bond donors (Lipinski definition) is 2. The van der Waals surface area contributed by atoms with E-state index in [9.17, 15) is 0 Å². The molecule has 0 aliphatic rings. The van der Waals surface area contributed by atoms with Crippen LogP contribution < -0.4 is 0 Å². The third-order valence-electron chi connectivity index (χ3n) is 0. The maximum Gasteiger partial charge on any atom is 0.503 e. The second-order valence-corrected chi connectivity index (χ2v) is 0.283. The van der Waals surface area contributed by atoms with Crippen molar-refractivity contribution in [2.45, 2.75) is 0 Å². The van der Waals surface area contributed by atoms with Gasteiger partial charge in [0.05, 0.1) is 0 Å². The summed E-state index contributed by atoms with van der Waals surface area (Å²) in [5.74, 6) is 0. The van der Waals surface area contributed by atoms with E-state index in [1.807, 2.05) is 0 Å². The molecule has 0 amide bonds. The maximum atomic E-state index is 8.56. The predicted octanol–water partition coefficient (Wildman–Crippen LogP) is 0.222.